The molecule has 3 nitrogen and oxygen atoms in total. The van der Waals surface area contributed by atoms with Crippen molar-refractivity contribution < 1.29 is 9.53 Å². The van der Waals surface area contributed by atoms with Crippen molar-refractivity contribution in [3.8, 4) is 0 Å². The zero-order chi connectivity index (χ0) is 10.1. The minimum Gasteiger partial charge on any atom is -0.470 e. The molecule has 14 heavy (non-hydrogen) atoms. The van der Waals surface area contributed by atoms with Gasteiger partial charge < -0.3 is 10.5 Å². The van der Waals surface area contributed by atoms with Gasteiger partial charge in [-0.3, -0.25) is 4.79 Å². The van der Waals surface area contributed by atoms with Crippen molar-refractivity contribution in [1.29, 1.82) is 0 Å². The van der Waals surface area contributed by atoms with Gasteiger partial charge in [0.25, 0.3) is 0 Å². The molecule has 0 amide bonds. The highest BCUT2D eigenvalue weighted by atomic mass is 79.9. The zero-order valence-electron chi connectivity index (χ0n) is 7.29. The first-order valence-electron chi connectivity index (χ1n) is 4.10. The van der Waals surface area contributed by atoms with Gasteiger partial charge in [0.05, 0.1) is 5.57 Å². The molecule has 0 radical (unpaired) electrons. The highest BCUT2D eigenvalue weighted by Crippen LogP contribution is 2.25. The highest BCUT2D eigenvalue weighted by molar-refractivity contribution is 9.10. The number of hydrogen-bond donors (Lipinski definition) is 1. The summed E-state index contributed by atoms with van der Waals surface area (Å²) in [4.78, 5) is 11.4. The predicted octanol–water partition coefficient (Wildman–Crippen LogP) is 1.68. The largest absolute Gasteiger partial charge is 0.470 e. The first-order chi connectivity index (χ1) is 6.68. The third-order valence-electron chi connectivity index (χ3n) is 2.00. The Balaban J connectivity index is 2.49. The van der Waals surface area contributed by atoms with Gasteiger partial charge in [0.15, 0.2) is 12.5 Å². The number of hydrogen-bond acceptors (Lipinski definition) is 3. The van der Waals surface area contributed by atoms with Crippen molar-refractivity contribution in [3.63, 3.8) is 0 Å². The molecule has 72 valence electrons. The maximum atomic E-state index is 11.4. The summed E-state index contributed by atoms with van der Waals surface area (Å²) in [6, 6.07) is 7.42. The molecule has 2 N–H and O–H groups in total. The Hall–Kier alpha value is -1.29. The number of carbonyl (C=O) groups excluding carboxylic acids is 1. The molecule has 1 aliphatic rings. The Kier molecular flexibility index (Phi) is 2.29. The molecule has 1 heterocycles. The quantitative estimate of drug-likeness (QED) is 0.829. The number of carbonyl (C=O) groups is 1. The monoisotopic (exact) mass is 253 g/mol. The third-order valence-corrected chi connectivity index (χ3v) is 2.49. The lowest BCUT2D eigenvalue weighted by molar-refractivity contribution is -0.115. The summed E-state index contributed by atoms with van der Waals surface area (Å²) in [6.07, 6.45) is 0. The Labute approximate surface area is 89.7 Å². The second-order valence-corrected chi connectivity index (χ2v) is 3.88. The van der Waals surface area contributed by atoms with Crippen LogP contribution in [0.4, 0.5) is 0 Å². The Morgan fingerprint density at radius 3 is 2.79 bits per heavy atom. The van der Waals surface area contributed by atoms with E-state index in [0.29, 0.717) is 5.57 Å². The van der Waals surface area contributed by atoms with Gasteiger partial charge in [-0.15, -0.1) is 0 Å². The molecule has 0 bridgehead atoms. The van der Waals surface area contributed by atoms with E-state index in [4.69, 9.17) is 10.5 Å². The molecular weight excluding hydrogens is 246 g/mol. The summed E-state index contributed by atoms with van der Waals surface area (Å²) in [5, 5.41) is 0. The standard InChI is InChI=1S/C10H8BrNO2/c11-7-3-1-2-6(4-7)9-8(13)5-14-10(9)12/h1-4H,5,12H2. The average molecular weight is 254 g/mol. The molecule has 0 aliphatic carbocycles. The fourth-order valence-corrected chi connectivity index (χ4v) is 1.77. The summed E-state index contributed by atoms with van der Waals surface area (Å²) in [5.41, 5.74) is 6.84. The number of ketones is 1. The molecule has 0 spiro atoms. The van der Waals surface area contributed by atoms with E-state index < -0.39 is 0 Å². The molecule has 0 unspecified atom stereocenters. The first-order valence-corrected chi connectivity index (χ1v) is 4.89. The molecule has 4 heteroatoms. The van der Waals surface area contributed by atoms with Gasteiger partial charge in [0.1, 0.15) is 0 Å². The van der Waals surface area contributed by atoms with E-state index >= 15 is 0 Å². The lowest BCUT2D eigenvalue weighted by Gasteiger charge is -2.00. The van der Waals surface area contributed by atoms with Crippen molar-refractivity contribution in [2.45, 2.75) is 0 Å². The van der Waals surface area contributed by atoms with Gasteiger partial charge in [-0.25, -0.2) is 0 Å². The van der Waals surface area contributed by atoms with E-state index in [9.17, 15) is 4.79 Å². The van der Waals surface area contributed by atoms with E-state index in [0.717, 1.165) is 10.0 Å². The fraction of sp³-hybridized carbons (Fsp3) is 0.100. The van der Waals surface area contributed by atoms with Crippen LogP contribution in [0.1, 0.15) is 5.56 Å². The van der Waals surface area contributed by atoms with E-state index in [-0.39, 0.29) is 18.3 Å². The van der Waals surface area contributed by atoms with Crippen LogP contribution in [0.5, 0.6) is 0 Å². The molecular formula is C10H8BrNO2. The van der Waals surface area contributed by atoms with Crippen LogP contribution in [0.25, 0.3) is 5.57 Å². The van der Waals surface area contributed by atoms with Crippen LogP contribution in [0.2, 0.25) is 0 Å². The van der Waals surface area contributed by atoms with Crippen molar-refractivity contribution in [1.82, 2.24) is 0 Å². The van der Waals surface area contributed by atoms with Crippen LogP contribution in [0.15, 0.2) is 34.6 Å². The van der Waals surface area contributed by atoms with Gasteiger partial charge in [-0.2, -0.15) is 0 Å². The maximum Gasteiger partial charge on any atom is 0.206 e. The number of benzene rings is 1. The van der Waals surface area contributed by atoms with Crippen LogP contribution in [0.3, 0.4) is 0 Å². The van der Waals surface area contributed by atoms with Gasteiger partial charge in [0.2, 0.25) is 5.78 Å². The second kappa shape index (κ2) is 3.46. The molecule has 0 fully saturated rings. The van der Waals surface area contributed by atoms with Gasteiger partial charge in [0, 0.05) is 4.47 Å². The number of nitrogens with two attached hydrogens (primary N) is 1. The minimum atomic E-state index is -0.0689. The van der Waals surface area contributed by atoms with Gasteiger partial charge in [-0.1, -0.05) is 28.1 Å². The van der Waals surface area contributed by atoms with Crippen LogP contribution in [-0.2, 0) is 9.53 Å². The van der Waals surface area contributed by atoms with Crippen LogP contribution in [-0.4, -0.2) is 12.4 Å². The summed E-state index contributed by atoms with van der Waals surface area (Å²) in [6.45, 7) is 0.0493. The Morgan fingerprint density at radius 2 is 2.21 bits per heavy atom. The summed E-state index contributed by atoms with van der Waals surface area (Å²) < 4.78 is 5.88. The number of Topliss-reactive ketones (excluding diaryl/α,β-unsaturated/α-hetero) is 1. The van der Waals surface area contributed by atoms with Gasteiger partial charge in [-0.05, 0) is 17.7 Å². The Morgan fingerprint density at radius 1 is 1.43 bits per heavy atom. The molecule has 0 atom stereocenters. The topological polar surface area (TPSA) is 52.3 Å². The van der Waals surface area contributed by atoms with E-state index in [2.05, 4.69) is 15.9 Å². The third kappa shape index (κ3) is 1.53. The predicted molar refractivity (Wildman–Crippen MR) is 56.2 cm³/mol. The smallest absolute Gasteiger partial charge is 0.206 e. The fourth-order valence-electron chi connectivity index (χ4n) is 1.37. The summed E-state index contributed by atoms with van der Waals surface area (Å²) in [7, 11) is 0. The lowest BCUT2D eigenvalue weighted by atomic mass is 10.0. The van der Waals surface area contributed by atoms with Crippen LogP contribution < -0.4 is 5.73 Å². The summed E-state index contributed by atoms with van der Waals surface area (Å²) in [5.74, 6) is 0.147. The van der Waals surface area contributed by atoms with E-state index in [1.54, 1.807) is 0 Å². The normalized spacial score (nSPS) is 15.9. The number of ether oxygens (including phenoxy) is 1. The van der Waals surface area contributed by atoms with Crippen molar-refractivity contribution in [2.24, 2.45) is 5.73 Å². The van der Waals surface area contributed by atoms with Crippen LogP contribution >= 0.6 is 15.9 Å². The van der Waals surface area contributed by atoms with Crippen molar-refractivity contribution in [3.05, 3.63) is 40.2 Å². The van der Waals surface area contributed by atoms with E-state index in [1.165, 1.54) is 0 Å². The summed E-state index contributed by atoms with van der Waals surface area (Å²) >= 11 is 3.33. The second-order valence-electron chi connectivity index (χ2n) is 2.96. The Bertz CT molecular complexity index is 426. The zero-order valence-corrected chi connectivity index (χ0v) is 8.87. The lowest BCUT2D eigenvalue weighted by Crippen LogP contribution is -2.01. The average Bonchev–Trinajstić information content (AvgIpc) is 2.46. The van der Waals surface area contributed by atoms with Gasteiger partial charge >= 0.3 is 0 Å². The minimum absolute atomic E-state index is 0.0493. The number of rotatable bonds is 1. The van der Waals surface area contributed by atoms with Crippen molar-refractivity contribution >= 4 is 27.3 Å². The molecule has 0 aromatic heterocycles. The van der Waals surface area contributed by atoms with Crippen LogP contribution in [0, 0.1) is 0 Å². The molecule has 0 saturated carbocycles. The first kappa shape index (κ1) is 9.27. The van der Waals surface area contributed by atoms with E-state index in [1.807, 2.05) is 24.3 Å². The number of halogens is 1. The van der Waals surface area contributed by atoms with Crippen molar-refractivity contribution in [2.75, 3.05) is 6.61 Å². The molecule has 1 aromatic rings. The SMILES string of the molecule is NC1=C(c2cccc(Br)c2)C(=O)CO1. The molecule has 1 aliphatic heterocycles. The molecule has 2 rings (SSSR count). The highest BCUT2D eigenvalue weighted by Gasteiger charge is 2.24. The maximum absolute atomic E-state index is 11.4. The molecule has 0 saturated heterocycles. The molecule has 1 aromatic carbocycles.